The highest BCUT2D eigenvalue weighted by atomic mass is 19.4. The van der Waals surface area contributed by atoms with E-state index in [9.17, 15) is 39.5 Å². The highest BCUT2D eigenvalue weighted by Gasteiger charge is 2.30. The van der Waals surface area contributed by atoms with Gasteiger partial charge in [-0.2, -0.15) is 39.5 Å². The van der Waals surface area contributed by atoms with Crippen LogP contribution >= 0.6 is 0 Å². The van der Waals surface area contributed by atoms with Crippen molar-refractivity contribution in [2.24, 2.45) is 5.92 Å². The van der Waals surface area contributed by atoms with Crippen molar-refractivity contribution in [3.8, 4) is 0 Å². The maximum atomic E-state index is 12.0. The third-order valence-electron chi connectivity index (χ3n) is 3.22. The van der Waals surface area contributed by atoms with Gasteiger partial charge in [0.05, 0.1) is 0 Å². The van der Waals surface area contributed by atoms with E-state index in [4.69, 9.17) is 0 Å². The molecule has 22 heavy (non-hydrogen) atoms. The zero-order valence-electron chi connectivity index (χ0n) is 11.8. The van der Waals surface area contributed by atoms with E-state index in [1.54, 1.807) is 0 Å². The van der Waals surface area contributed by atoms with Crippen molar-refractivity contribution >= 4 is 0 Å². The van der Waals surface area contributed by atoms with Crippen LogP contribution in [0.15, 0.2) is 0 Å². The molecular weight excluding hydrogens is 327 g/mol. The molecule has 0 N–H and O–H groups in total. The SMILES string of the molecule is FC(F)(F)CCCC(CCCC(F)(F)F)CCCC(F)(F)F. The van der Waals surface area contributed by atoms with Crippen LogP contribution in [0.2, 0.25) is 0 Å². The molecule has 0 saturated carbocycles. The van der Waals surface area contributed by atoms with Crippen LogP contribution in [-0.4, -0.2) is 18.5 Å². The van der Waals surface area contributed by atoms with Gasteiger partial charge in [0.2, 0.25) is 0 Å². The molecule has 9 heteroatoms. The lowest BCUT2D eigenvalue weighted by molar-refractivity contribution is -0.137. The first-order valence-corrected chi connectivity index (χ1v) is 6.99. The van der Waals surface area contributed by atoms with E-state index in [-0.39, 0.29) is 38.5 Å². The van der Waals surface area contributed by atoms with Crippen molar-refractivity contribution in [1.29, 1.82) is 0 Å². The second kappa shape index (κ2) is 8.86. The summed E-state index contributed by atoms with van der Waals surface area (Å²) in [6.07, 6.45) is -17.1. The Hall–Kier alpha value is -0.630. The third-order valence-corrected chi connectivity index (χ3v) is 3.22. The molecule has 0 aromatic rings. The summed E-state index contributed by atoms with van der Waals surface area (Å²) in [5, 5.41) is 0. The fourth-order valence-electron chi connectivity index (χ4n) is 2.21. The van der Waals surface area contributed by atoms with Crippen molar-refractivity contribution in [3.63, 3.8) is 0 Å². The van der Waals surface area contributed by atoms with Crippen LogP contribution in [0.3, 0.4) is 0 Å². The predicted octanol–water partition coefficient (Wildman–Crippen LogP) is 6.80. The van der Waals surface area contributed by atoms with Crippen LogP contribution in [0.1, 0.15) is 57.8 Å². The largest absolute Gasteiger partial charge is 0.389 e. The van der Waals surface area contributed by atoms with E-state index >= 15 is 0 Å². The molecule has 0 aromatic carbocycles. The van der Waals surface area contributed by atoms with E-state index in [0.717, 1.165) is 0 Å². The van der Waals surface area contributed by atoms with Gasteiger partial charge in [-0.3, -0.25) is 0 Å². The molecule has 0 unspecified atom stereocenters. The predicted molar refractivity (Wildman–Crippen MR) is 63.2 cm³/mol. The van der Waals surface area contributed by atoms with Crippen molar-refractivity contribution in [3.05, 3.63) is 0 Å². The monoisotopic (exact) mass is 346 g/mol. The first kappa shape index (κ1) is 21.4. The quantitative estimate of drug-likeness (QED) is 0.403. The molecule has 0 heterocycles. The van der Waals surface area contributed by atoms with Crippen molar-refractivity contribution in [1.82, 2.24) is 0 Å². The molecule has 0 bridgehead atoms. The van der Waals surface area contributed by atoms with E-state index in [0.29, 0.717) is 0 Å². The van der Waals surface area contributed by atoms with Gasteiger partial charge >= 0.3 is 18.5 Å². The first-order valence-electron chi connectivity index (χ1n) is 6.99. The summed E-state index contributed by atoms with van der Waals surface area (Å²) in [5.41, 5.74) is 0. The zero-order valence-corrected chi connectivity index (χ0v) is 11.8. The summed E-state index contributed by atoms with van der Waals surface area (Å²) in [6, 6.07) is 0. The lowest BCUT2D eigenvalue weighted by atomic mass is 9.90. The fraction of sp³-hybridized carbons (Fsp3) is 1.00. The Bertz CT molecular complexity index is 240. The molecule has 134 valence electrons. The average molecular weight is 346 g/mol. The molecule has 0 fully saturated rings. The number of hydrogen-bond acceptors (Lipinski definition) is 0. The molecular formula is C13H19F9. The minimum atomic E-state index is -4.36. The van der Waals surface area contributed by atoms with Crippen LogP contribution in [0, 0.1) is 5.92 Å². The Kier molecular flexibility index (Phi) is 8.61. The van der Waals surface area contributed by atoms with Gasteiger partial charge in [0, 0.05) is 19.3 Å². The minimum absolute atomic E-state index is 0.00474. The van der Waals surface area contributed by atoms with Gasteiger partial charge in [-0.15, -0.1) is 0 Å². The molecule has 0 nitrogen and oxygen atoms in total. The van der Waals surface area contributed by atoms with Gasteiger partial charge in [0.25, 0.3) is 0 Å². The van der Waals surface area contributed by atoms with Crippen LogP contribution in [0.4, 0.5) is 39.5 Å². The van der Waals surface area contributed by atoms with Gasteiger partial charge in [-0.1, -0.05) is 19.3 Å². The van der Waals surface area contributed by atoms with Gasteiger partial charge in [0.1, 0.15) is 0 Å². The molecule has 0 radical (unpaired) electrons. The highest BCUT2D eigenvalue weighted by Crippen LogP contribution is 2.31. The van der Waals surface area contributed by atoms with Crippen molar-refractivity contribution in [2.75, 3.05) is 0 Å². The smallest absolute Gasteiger partial charge is 0.171 e. The van der Waals surface area contributed by atoms with Crippen LogP contribution in [0.25, 0.3) is 0 Å². The van der Waals surface area contributed by atoms with Gasteiger partial charge < -0.3 is 0 Å². The average Bonchev–Trinajstić information content (AvgIpc) is 2.23. The number of hydrogen-bond donors (Lipinski definition) is 0. The van der Waals surface area contributed by atoms with Gasteiger partial charge in [-0.05, 0) is 25.2 Å². The molecule has 0 saturated heterocycles. The molecule has 0 aromatic heterocycles. The highest BCUT2D eigenvalue weighted by molar-refractivity contribution is 4.65. The van der Waals surface area contributed by atoms with Crippen LogP contribution in [0.5, 0.6) is 0 Å². The summed E-state index contributed by atoms with van der Waals surface area (Å²) in [5.74, 6) is -0.535. The topological polar surface area (TPSA) is 0 Å². The van der Waals surface area contributed by atoms with Gasteiger partial charge in [0.15, 0.2) is 0 Å². The summed E-state index contributed by atoms with van der Waals surface area (Å²) in [7, 11) is 0. The normalized spacial score (nSPS) is 13.9. The molecule has 0 spiro atoms. The maximum Gasteiger partial charge on any atom is 0.389 e. The summed E-state index contributed by atoms with van der Waals surface area (Å²) in [4.78, 5) is 0. The lowest BCUT2D eigenvalue weighted by Crippen LogP contribution is -2.12. The molecule has 0 aliphatic carbocycles. The van der Waals surface area contributed by atoms with Crippen molar-refractivity contribution in [2.45, 2.75) is 76.3 Å². The number of halogens is 9. The maximum absolute atomic E-state index is 12.0. The standard InChI is InChI=1S/C13H19F9/c14-11(15,16)7-1-4-10(5-2-8-12(17,18)19)6-3-9-13(20,21)22/h10H,1-9H2. The number of rotatable bonds is 9. The molecule has 0 atom stereocenters. The summed E-state index contributed by atoms with van der Waals surface area (Å²) in [6.45, 7) is 0. The second-order valence-electron chi connectivity index (χ2n) is 5.39. The summed E-state index contributed by atoms with van der Waals surface area (Å²) < 4.78 is 108. The summed E-state index contributed by atoms with van der Waals surface area (Å²) >= 11 is 0. The lowest BCUT2D eigenvalue weighted by Gasteiger charge is -2.18. The van der Waals surface area contributed by atoms with Crippen LogP contribution < -0.4 is 0 Å². The van der Waals surface area contributed by atoms with Crippen LogP contribution in [-0.2, 0) is 0 Å². The number of alkyl halides is 9. The van der Waals surface area contributed by atoms with E-state index in [1.165, 1.54) is 0 Å². The van der Waals surface area contributed by atoms with E-state index in [2.05, 4.69) is 0 Å². The Balaban J connectivity index is 4.19. The third kappa shape index (κ3) is 15.8. The molecule has 0 aliphatic heterocycles. The van der Waals surface area contributed by atoms with E-state index < -0.39 is 43.7 Å². The Morgan fingerprint density at radius 3 is 0.864 bits per heavy atom. The Morgan fingerprint density at radius 1 is 0.455 bits per heavy atom. The minimum Gasteiger partial charge on any atom is -0.171 e. The molecule has 0 aliphatic rings. The fourth-order valence-corrected chi connectivity index (χ4v) is 2.21. The zero-order chi connectivity index (χ0) is 17.4. The first-order chi connectivity index (χ1) is 9.79. The Labute approximate surface area is 123 Å². The molecule has 0 rings (SSSR count). The second-order valence-corrected chi connectivity index (χ2v) is 5.39. The molecule has 0 amide bonds. The van der Waals surface area contributed by atoms with Gasteiger partial charge in [-0.25, -0.2) is 0 Å². The Morgan fingerprint density at radius 2 is 0.682 bits per heavy atom. The van der Waals surface area contributed by atoms with Crippen molar-refractivity contribution < 1.29 is 39.5 Å². The van der Waals surface area contributed by atoms with E-state index in [1.807, 2.05) is 0 Å².